The van der Waals surface area contributed by atoms with E-state index in [1.807, 2.05) is 38.3 Å². The zero-order chi connectivity index (χ0) is 14.6. The Hall–Kier alpha value is -1.75. The number of hydrogen-bond acceptors (Lipinski definition) is 4. The highest BCUT2D eigenvalue weighted by Crippen LogP contribution is 2.21. The highest BCUT2D eigenvalue weighted by Gasteiger charge is 2.14. The Morgan fingerprint density at radius 1 is 1.30 bits per heavy atom. The number of carbonyl (C=O) groups is 1. The summed E-state index contributed by atoms with van der Waals surface area (Å²) in [6.07, 6.45) is 4.66. The van der Waals surface area contributed by atoms with Gasteiger partial charge in [-0.3, -0.25) is 9.78 Å². The fourth-order valence-electron chi connectivity index (χ4n) is 1.78. The fraction of sp³-hybridized carbons (Fsp3) is 0.400. The van der Waals surface area contributed by atoms with Crippen LogP contribution in [0.5, 0.6) is 0 Å². The van der Waals surface area contributed by atoms with E-state index in [9.17, 15) is 4.79 Å². The predicted octanol–water partition coefficient (Wildman–Crippen LogP) is 3.05. The van der Waals surface area contributed by atoms with Crippen molar-refractivity contribution in [3.8, 4) is 11.3 Å². The van der Waals surface area contributed by atoms with Gasteiger partial charge in [-0.05, 0) is 32.9 Å². The van der Waals surface area contributed by atoms with E-state index in [1.54, 1.807) is 23.7 Å². The van der Waals surface area contributed by atoms with Crippen molar-refractivity contribution in [1.82, 2.24) is 15.3 Å². The minimum atomic E-state index is -0.178. The number of nitrogens with zero attached hydrogens (tertiary/aromatic N) is 2. The molecular weight excluding hydrogens is 270 g/mol. The molecule has 0 aliphatic heterocycles. The highest BCUT2D eigenvalue weighted by atomic mass is 32.1. The maximum absolute atomic E-state index is 11.8. The van der Waals surface area contributed by atoms with Gasteiger partial charge in [0.05, 0.1) is 10.7 Å². The van der Waals surface area contributed by atoms with Crippen molar-refractivity contribution < 1.29 is 4.79 Å². The van der Waals surface area contributed by atoms with E-state index >= 15 is 0 Å². The van der Waals surface area contributed by atoms with Crippen LogP contribution in [0.3, 0.4) is 0 Å². The van der Waals surface area contributed by atoms with Crippen LogP contribution in [0.25, 0.3) is 11.3 Å². The Morgan fingerprint density at radius 2 is 2.00 bits per heavy atom. The molecule has 5 heteroatoms. The van der Waals surface area contributed by atoms with Gasteiger partial charge in [-0.2, -0.15) is 0 Å². The van der Waals surface area contributed by atoms with E-state index in [-0.39, 0.29) is 11.4 Å². The number of hydrogen-bond donors (Lipinski definition) is 1. The van der Waals surface area contributed by atoms with Gasteiger partial charge in [0.1, 0.15) is 0 Å². The number of aromatic nitrogens is 2. The Balaban J connectivity index is 1.92. The first-order valence-electron chi connectivity index (χ1n) is 6.60. The van der Waals surface area contributed by atoms with Gasteiger partial charge in [-0.15, -0.1) is 11.3 Å². The standard InChI is InChI=1S/C15H19N3OS/c1-15(2,3)18-13(19)4-5-14-17-12(10-20-14)11-6-8-16-9-7-11/h6-10H,4-5H2,1-3H3,(H,18,19). The number of amides is 1. The van der Waals surface area contributed by atoms with Crippen LogP contribution in [-0.2, 0) is 11.2 Å². The van der Waals surface area contributed by atoms with Gasteiger partial charge in [-0.25, -0.2) is 4.98 Å². The highest BCUT2D eigenvalue weighted by molar-refractivity contribution is 7.09. The summed E-state index contributed by atoms with van der Waals surface area (Å²) in [7, 11) is 0. The summed E-state index contributed by atoms with van der Waals surface area (Å²) >= 11 is 1.59. The van der Waals surface area contributed by atoms with Gasteiger partial charge < -0.3 is 5.32 Å². The SMILES string of the molecule is CC(C)(C)NC(=O)CCc1nc(-c2ccncc2)cs1. The topological polar surface area (TPSA) is 54.9 Å². The number of carbonyl (C=O) groups excluding carboxylic acids is 1. The van der Waals surface area contributed by atoms with Crippen molar-refractivity contribution in [2.45, 2.75) is 39.2 Å². The van der Waals surface area contributed by atoms with Crippen LogP contribution in [-0.4, -0.2) is 21.4 Å². The monoisotopic (exact) mass is 289 g/mol. The van der Waals surface area contributed by atoms with Gasteiger partial charge >= 0.3 is 0 Å². The molecule has 0 atom stereocenters. The van der Waals surface area contributed by atoms with Crippen LogP contribution in [0.1, 0.15) is 32.2 Å². The summed E-state index contributed by atoms with van der Waals surface area (Å²) in [5.41, 5.74) is 1.83. The van der Waals surface area contributed by atoms with E-state index in [2.05, 4.69) is 15.3 Å². The molecule has 0 spiro atoms. The van der Waals surface area contributed by atoms with E-state index in [0.717, 1.165) is 16.3 Å². The molecule has 0 fully saturated rings. The molecule has 0 aliphatic rings. The zero-order valence-corrected chi connectivity index (χ0v) is 12.8. The first-order chi connectivity index (χ1) is 9.44. The first-order valence-corrected chi connectivity index (χ1v) is 7.48. The fourth-order valence-corrected chi connectivity index (χ4v) is 2.59. The Morgan fingerprint density at radius 3 is 2.65 bits per heavy atom. The lowest BCUT2D eigenvalue weighted by Crippen LogP contribution is -2.40. The molecule has 2 heterocycles. The molecule has 0 aliphatic carbocycles. The van der Waals surface area contributed by atoms with Crippen molar-refractivity contribution in [2.75, 3.05) is 0 Å². The third-order valence-electron chi connectivity index (χ3n) is 2.61. The van der Waals surface area contributed by atoms with Crippen LogP contribution in [0.2, 0.25) is 0 Å². The molecule has 0 radical (unpaired) electrons. The second-order valence-electron chi connectivity index (χ2n) is 5.66. The van der Waals surface area contributed by atoms with Crippen LogP contribution in [0.15, 0.2) is 29.9 Å². The van der Waals surface area contributed by atoms with E-state index < -0.39 is 0 Å². The average Bonchev–Trinajstić information content (AvgIpc) is 2.84. The molecule has 2 aromatic heterocycles. The quantitative estimate of drug-likeness (QED) is 0.941. The molecule has 0 unspecified atom stereocenters. The normalized spacial score (nSPS) is 11.3. The lowest BCUT2D eigenvalue weighted by Gasteiger charge is -2.20. The Bertz CT molecular complexity index is 572. The average molecular weight is 289 g/mol. The number of aryl methyl sites for hydroxylation is 1. The number of thiazole rings is 1. The Kier molecular flexibility index (Phi) is 4.49. The summed E-state index contributed by atoms with van der Waals surface area (Å²) < 4.78 is 0. The molecule has 4 nitrogen and oxygen atoms in total. The number of pyridine rings is 1. The largest absolute Gasteiger partial charge is 0.351 e. The molecule has 20 heavy (non-hydrogen) atoms. The maximum Gasteiger partial charge on any atom is 0.220 e. The molecule has 1 N–H and O–H groups in total. The van der Waals surface area contributed by atoms with Crippen molar-refractivity contribution in [2.24, 2.45) is 0 Å². The molecule has 0 saturated heterocycles. The zero-order valence-electron chi connectivity index (χ0n) is 12.0. The molecule has 0 bridgehead atoms. The molecule has 2 aromatic rings. The summed E-state index contributed by atoms with van der Waals surface area (Å²) in [6.45, 7) is 5.95. The van der Waals surface area contributed by atoms with Crippen molar-refractivity contribution in [1.29, 1.82) is 0 Å². The van der Waals surface area contributed by atoms with Gasteiger partial charge in [0.25, 0.3) is 0 Å². The van der Waals surface area contributed by atoms with Gasteiger partial charge in [0.2, 0.25) is 5.91 Å². The predicted molar refractivity (Wildman–Crippen MR) is 81.6 cm³/mol. The first kappa shape index (κ1) is 14.7. The van der Waals surface area contributed by atoms with Crippen molar-refractivity contribution in [3.05, 3.63) is 34.9 Å². The lowest BCUT2D eigenvalue weighted by atomic mass is 10.1. The summed E-state index contributed by atoms with van der Waals surface area (Å²) in [4.78, 5) is 20.3. The van der Waals surface area contributed by atoms with E-state index in [1.165, 1.54) is 0 Å². The third kappa shape index (κ3) is 4.42. The van der Waals surface area contributed by atoms with Crippen LogP contribution in [0, 0.1) is 0 Å². The molecular formula is C15H19N3OS. The van der Waals surface area contributed by atoms with Crippen LogP contribution >= 0.6 is 11.3 Å². The summed E-state index contributed by atoms with van der Waals surface area (Å²) in [6, 6.07) is 3.87. The molecule has 106 valence electrons. The molecule has 1 amide bonds. The molecule has 0 aromatic carbocycles. The van der Waals surface area contributed by atoms with Crippen molar-refractivity contribution in [3.63, 3.8) is 0 Å². The van der Waals surface area contributed by atoms with Crippen LogP contribution in [0.4, 0.5) is 0 Å². The van der Waals surface area contributed by atoms with E-state index in [4.69, 9.17) is 0 Å². The van der Waals surface area contributed by atoms with E-state index in [0.29, 0.717) is 12.8 Å². The lowest BCUT2D eigenvalue weighted by molar-refractivity contribution is -0.122. The Labute approximate surface area is 123 Å². The smallest absolute Gasteiger partial charge is 0.220 e. The van der Waals surface area contributed by atoms with Crippen LogP contribution < -0.4 is 5.32 Å². The summed E-state index contributed by atoms with van der Waals surface area (Å²) in [5, 5.41) is 5.96. The third-order valence-corrected chi connectivity index (χ3v) is 3.52. The second kappa shape index (κ2) is 6.13. The van der Waals surface area contributed by atoms with Crippen molar-refractivity contribution >= 4 is 17.2 Å². The van der Waals surface area contributed by atoms with Gasteiger partial charge in [0.15, 0.2) is 0 Å². The minimum absolute atomic E-state index is 0.0677. The number of rotatable bonds is 4. The number of nitrogens with one attached hydrogen (secondary N) is 1. The summed E-state index contributed by atoms with van der Waals surface area (Å²) in [5.74, 6) is 0.0677. The molecule has 0 saturated carbocycles. The van der Waals surface area contributed by atoms with Gasteiger partial charge in [0, 0.05) is 41.7 Å². The molecule has 2 rings (SSSR count). The second-order valence-corrected chi connectivity index (χ2v) is 6.60. The maximum atomic E-state index is 11.8. The van der Waals surface area contributed by atoms with Gasteiger partial charge in [-0.1, -0.05) is 0 Å². The minimum Gasteiger partial charge on any atom is -0.351 e.